The zero-order valence-corrected chi connectivity index (χ0v) is 17.4. The van der Waals surface area contributed by atoms with Crippen LogP contribution in [0.25, 0.3) is 0 Å². The van der Waals surface area contributed by atoms with Gasteiger partial charge in [0.2, 0.25) is 5.91 Å². The Bertz CT molecular complexity index is 1150. The molecule has 4 aromatic rings. The summed E-state index contributed by atoms with van der Waals surface area (Å²) < 4.78 is 0. The van der Waals surface area contributed by atoms with Crippen LogP contribution >= 0.6 is 11.6 Å². The summed E-state index contributed by atoms with van der Waals surface area (Å²) >= 11 is 6.17. The molecule has 0 aliphatic carbocycles. The molecule has 4 rings (SSSR count). The Hall–Kier alpha value is -3.69. The van der Waals surface area contributed by atoms with Gasteiger partial charge in [0.05, 0.1) is 11.6 Å². The Morgan fingerprint density at radius 1 is 0.677 bits per heavy atom. The third kappa shape index (κ3) is 4.73. The maximum absolute atomic E-state index is 13.5. The van der Waals surface area contributed by atoms with Crippen LogP contribution in [0.15, 0.2) is 109 Å². The van der Waals surface area contributed by atoms with E-state index < -0.39 is 5.92 Å². The van der Waals surface area contributed by atoms with Gasteiger partial charge < -0.3 is 5.32 Å². The number of rotatable bonds is 6. The number of anilines is 1. The van der Waals surface area contributed by atoms with Crippen LogP contribution in [0.3, 0.4) is 0 Å². The van der Waals surface area contributed by atoms with Crippen LogP contribution in [-0.4, -0.2) is 11.7 Å². The largest absolute Gasteiger partial charge is 0.325 e. The lowest BCUT2D eigenvalue weighted by molar-refractivity contribution is -0.116. The van der Waals surface area contributed by atoms with E-state index in [4.69, 9.17) is 11.6 Å². The monoisotopic (exact) mass is 425 g/mol. The fraction of sp³-hybridized carbons (Fsp3) is 0.0370. The van der Waals surface area contributed by atoms with Gasteiger partial charge in [0, 0.05) is 16.1 Å². The molecule has 0 saturated heterocycles. The molecule has 0 aromatic heterocycles. The van der Waals surface area contributed by atoms with Gasteiger partial charge in [0.1, 0.15) is 0 Å². The molecular formula is C27H20ClNO2. The Balaban J connectivity index is 1.71. The zero-order valence-electron chi connectivity index (χ0n) is 16.7. The van der Waals surface area contributed by atoms with E-state index in [1.54, 1.807) is 42.5 Å². The standard InChI is InChI=1S/C27H20ClNO2/c28-22-16-17-24(23(18-22)26(30)21-14-8-3-9-15-21)29-27(31)25(19-10-4-1-5-11-19)20-12-6-2-7-13-20/h1-18,25H,(H,29,31). The molecule has 0 heterocycles. The van der Waals surface area contributed by atoms with Crippen LogP contribution < -0.4 is 5.32 Å². The molecule has 0 aliphatic heterocycles. The average Bonchev–Trinajstić information content (AvgIpc) is 2.82. The maximum Gasteiger partial charge on any atom is 0.236 e. The van der Waals surface area contributed by atoms with E-state index in [9.17, 15) is 9.59 Å². The molecule has 0 unspecified atom stereocenters. The van der Waals surface area contributed by atoms with Crippen molar-refractivity contribution in [2.45, 2.75) is 5.92 Å². The van der Waals surface area contributed by atoms with Gasteiger partial charge in [0.15, 0.2) is 5.78 Å². The Morgan fingerprint density at radius 3 is 1.74 bits per heavy atom. The van der Waals surface area contributed by atoms with Crippen LogP contribution in [0, 0.1) is 0 Å². The smallest absolute Gasteiger partial charge is 0.236 e. The van der Waals surface area contributed by atoms with Crippen molar-refractivity contribution in [3.63, 3.8) is 0 Å². The molecule has 0 fully saturated rings. The van der Waals surface area contributed by atoms with Gasteiger partial charge in [-0.15, -0.1) is 0 Å². The van der Waals surface area contributed by atoms with Crippen molar-refractivity contribution < 1.29 is 9.59 Å². The van der Waals surface area contributed by atoms with Crippen molar-refractivity contribution in [1.29, 1.82) is 0 Å². The third-order valence-corrected chi connectivity index (χ3v) is 5.28. The lowest BCUT2D eigenvalue weighted by Gasteiger charge is -2.19. The summed E-state index contributed by atoms with van der Waals surface area (Å²) in [6.45, 7) is 0. The fourth-order valence-corrected chi connectivity index (χ4v) is 3.72. The first kappa shape index (κ1) is 20.6. The molecule has 0 aliphatic rings. The average molecular weight is 426 g/mol. The Labute approximate surface area is 186 Å². The highest BCUT2D eigenvalue weighted by molar-refractivity contribution is 6.31. The van der Waals surface area contributed by atoms with Gasteiger partial charge in [-0.05, 0) is 29.3 Å². The lowest BCUT2D eigenvalue weighted by Crippen LogP contribution is -2.23. The van der Waals surface area contributed by atoms with Crippen molar-refractivity contribution in [1.82, 2.24) is 0 Å². The summed E-state index contributed by atoms with van der Waals surface area (Å²) in [5, 5.41) is 3.40. The van der Waals surface area contributed by atoms with Crippen LogP contribution in [-0.2, 0) is 4.79 Å². The quantitative estimate of drug-likeness (QED) is 0.366. The molecule has 0 radical (unpaired) electrons. The summed E-state index contributed by atoms with van der Waals surface area (Å²) in [6.07, 6.45) is 0. The van der Waals surface area contributed by atoms with Crippen LogP contribution in [0.5, 0.6) is 0 Å². The van der Waals surface area contributed by atoms with Crippen molar-refractivity contribution in [2.24, 2.45) is 0 Å². The summed E-state index contributed by atoms with van der Waals surface area (Å²) in [4.78, 5) is 26.6. The van der Waals surface area contributed by atoms with E-state index in [2.05, 4.69) is 5.32 Å². The second-order valence-electron chi connectivity index (χ2n) is 7.13. The number of halogens is 1. The van der Waals surface area contributed by atoms with Gasteiger partial charge in [-0.2, -0.15) is 0 Å². The molecule has 152 valence electrons. The first-order chi connectivity index (χ1) is 15.1. The molecule has 1 N–H and O–H groups in total. The molecule has 4 heteroatoms. The predicted octanol–water partition coefficient (Wildman–Crippen LogP) is 6.34. The van der Waals surface area contributed by atoms with Gasteiger partial charge >= 0.3 is 0 Å². The second kappa shape index (κ2) is 9.41. The van der Waals surface area contributed by atoms with E-state index in [0.717, 1.165) is 11.1 Å². The summed E-state index contributed by atoms with van der Waals surface area (Å²) in [5.41, 5.74) is 3.06. The SMILES string of the molecule is O=C(c1ccccc1)c1cc(Cl)ccc1NC(=O)C(c1ccccc1)c1ccccc1. The minimum absolute atomic E-state index is 0.200. The van der Waals surface area contributed by atoms with Gasteiger partial charge in [-0.25, -0.2) is 0 Å². The molecule has 0 bridgehead atoms. The Kier molecular flexibility index (Phi) is 6.25. The van der Waals surface area contributed by atoms with Crippen molar-refractivity contribution >= 4 is 29.0 Å². The minimum Gasteiger partial charge on any atom is -0.325 e. The number of hydrogen-bond donors (Lipinski definition) is 1. The van der Waals surface area contributed by atoms with Crippen molar-refractivity contribution in [3.8, 4) is 0 Å². The number of hydrogen-bond acceptors (Lipinski definition) is 2. The van der Waals surface area contributed by atoms with Crippen LogP contribution in [0.4, 0.5) is 5.69 Å². The molecule has 0 atom stereocenters. The number of ketones is 1. The lowest BCUT2D eigenvalue weighted by atomic mass is 9.90. The van der Waals surface area contributed by atoms with E-state index in [0.29, 0.717) is 21.8 Å². The van der Waals surface area contributed by atoms with Crippen LogP contribution in [0.1, 0.15) is 33.0 Å². The van der Waals surface area contributed by atoms with Crippen molar-refractivity contribution in [2.75, 3.05) is 5.32 Å². The topological polar surface area (TPSA) is 46.2 Å². The van der Waals surface area contributed by atoms with E-state index in [-0.39, 0.29) is 11.7 Å². The van der Waals surface area contributed by atoms with Crippen molar-refractivity contribution in [3.05, 3.63) is 136 Å². The maximum atomic E-state index is 13.5. The zero-order chi connectivity index (χ0) is 21.6. The number of carbonyl (C=O) groups excluding carboxylic acids is 2. The first-order valence-electron chi connectivity index (χ1n) is 9.93. The van der Waals surface area contributed by atoms with E-state index in [1.165, 1.54) is 0 Å². The highest BCUT2D eigenvalue weighted by Gasteiger charge is 2.24. The normalized spacial score (nSPS) is 10.6. The van der Waals surface area contributed by atoms with E-state index in [1.807, 2.05) is 66.7 Å². The minimum atomic E-state index is -0.516. The van der Waals surface area contributed by atoms with Gasteiger partial charge in [0.25, 0.3) is 0 Å². The number of amides is 1. The fourth-order valence-electron chi connectivity index (χ4n) is 3.55. The number of carbonyl (C=O) groups is 2. The second-order valence-corrected chi connectivity index (χ2v) is 7.57. The van der Waals surface area contributed by atoms with Gasteiger partial charge in [-0.1, -0.05) is 103 Å². The molecule has 1 amide bonds. The molecule has 4 aromatic carbocycles. The number of benzene rings is 4. The molecular weight excluding hydrogens is 406 g/mol. The molecule has 0 spiro atoms. The summed E-state index contributed by atoms with van der Waals surface area (Å²) in [6, 6.07) is 33.0. The summed E-state index contributed by atoms with van der Waals surface area (Å²) in [7, 11) is 0. The number of nitrogens with one attached hydrogen (secondary N) is 1. The highest BCUT2D eigenvalue weighted by atomic mass is 35.5. The first-order valence-corrected chi connectivity index (χ1v) is 10.3. The predicted molar refractivity (Wildman–Crippen MR) is 125 cm³/mol. The summed E-state index contributed by atoms with van der Waals surface area (Å²) in [5.74, 6) is -0.936. The molecule has 0 saturated carbocycles. The third-order valence-electron chi connectivity index (χ3n) is 5.05. The van der Waals surface area contributed by atoms with E-state index >= 15 is 0 Å². The van der Waals surface area contributed by atoms with Crippen LogP contribution in [0.2, 0.25) is 5.02 Å². The highest BCUT2D eigenvalue weighted by Crippen LogP contribution is 2.29. The van der Waals surface area contributed by atoms with Gasteiger partial charge in [-0.3, -0.25) is 9.59 Å². The molecule has 3 nitrogen and oxygen atoms in total. The molecule has 31 heavy (non-hydrogen) atoms. The Morgan fingerprint density at radius 2 is 1.19 bits per heavy atom.